The van der Waals surface area contributed by atoms with Gasteiger partial charge in [0.15, 0.2) is 11.6 Å². The maximum atomic E-state index is 13.7. The van der Waals surface area contributed by atoms with Gasteiger partial charge in [-0.25, -0.2) is 0 Å². The minimum atomic E-state index is -0.376. The van der Waals surface area contributed by atoms with Crippen LogP contribution in [0.2, 0.25) is 0 Å². The van der Waals surface area contributed by atoms with Gasteiger partial charge in [0.1, 0.15) is 34.2 Å². The first-order chi connectivity index (χ1) is 47.6. The highest BCUT2D eigenvalue weighted by Crippen LogP contribution is 2.40. The summed E-state index contributed by atoms with van der Waals surface area (Å²) < 4.78 is 14.7. The molecule has 98 heavy (non-hydrogen) atoms. The van der Waals surface area contributed by atoms with Crippen molar-refractivity contribution in [2.24, 2.45) is 11.8 Å². The average molecular weight is 1600 g/mol. The van der Waals surface area contributed by atoms with Crippen LogP contribution in [-0.2, 0) is 31.9 Å². The summed E-state index contributed by atoms with van der Waals surface area (Å²) in [5.74, 6) is -0.457. The van der Waals surface area contributed by atoms with Crippen LogP contribution in [0.4, 0.5) is 22.7 Å². The van der Waals surface area contributed by atoms with Gasteiger partial charge in [-0.05, 0) is 91.9 Å². The minimum absolute atomic E-state index is 0.0193. The lowest BCUT2D eigenvalue weighted by Crippen LogP contribution is -2.72. The van der Waals surface area contributed by atoms with Gasteiger partial charge in [-0.1, -0.05) is 274 Å². The maximum absolute atomic E-state index is 13.7. The summed E-state index contributed by atoms with van der Waals surface area (Å²) in [6.45, 7) is 5.13. The molecular weight excluding hydrogens is 1490 g/mol. The zero-order valence-corrected chi connectivity index (χ0v) is 64.0. The van der Waals surface area contributed by atoms with Gasteiger partial charge in [-0.2, -0.15) is 0 Å². The summed E-state index contributed by atoms with van der Waals surface area (Å²) in [4.78, 5) is 79.8. The van der Waals surface area contributed by atoms with Gasteiger partial charge in [-0.3, -0.25) is 39.4 Å². The molecule has 8 rings (SSSR count). The van der Waals surface area contributed by atoms with E-state index in [9.17, 15) is 39.0 Å². The second-order valence-corrected chi connectivity index (χ2v) is 30.5. The van der Waals surface area contributed by atoms with Gasteiger partial charge in [0.25, 0.3) is 0 Å². The van der Waals surface area contributed by atoms with E-state index in [1.54, 1.807) is 60.7 Å². The van der Waals surface area contributed by atoms with Crippen molar-refractivity contribution in [3.8, 4) is 11.5 Å². The number of ether oxygens (including phenoxy) is 2. The summed E-state index contributed by atoms with van der Waals surface area (Å²) in [6.07, 6.45) is 39.5. The second kappa shape index (κ2) is 41.3. The van der Waals surface area contributed by atoms with Gasteiger partial charge in [0, 0.05) is 81.1 Å². The maximum Gasteiger partial charge on any atom is 0.305 e. The van der Waals surface area contributed by atoms with Crippen molar-refractivity contribution in [3.05, 3.63) is 171 Å². The van der Waals surface area contributed by atoms with Gasteiger partial charge in [-0.15, -0.1) is 0 Å². The molecule has 0 aromatic heterocycles. The number of fused-ring (bicyclic) bond motifs is 4. The summed E-state index contributed by atoms with van der Waals surface area (Å²) in [5.41, 5.74) is 6.12. The molecule has 0 aliphatic heterocycles. The number of nitrogens with two attached hydrogens (primary N) is 2. The highest BCUT2D eigenvalue weighted by atomic mass is 79.9. The molecule has 0 amide bonds. The molecule has 0 radical (unpaired) electrons. The molecule has 0 saturated carbocycles. The second-order valence-electron chi connectivity index (χ2n) is 27.1. The molecule has 526 valence electrons. The van der Waals surface area contributed by atoms with Crippen LogP contribution in [0.15, 0.2) is 115 Å². The van der Waals surface area contributed by atoms with Crippen molar-refractivity contribution in [2.75, 3.05) is 13.2 Å². The van der Waals surface area contributed by atoms with Crippen LogP contribution in [0.1, 0.15) is 294 Å². The van der Waals surface area contributed by atoms with E-state index in [1.807, 2.05) is 34.9 Å². The van der Waals surface area contributed by atoms with Crippen LogP contribution < -0.4 is 10.6 Å². The molecule has 0 fully saturated rings. The summed E-state index contributed by atoms with van der Waals surface area (Å²) >= 11 is 14.7. The molecular formula is C82H102Br4N2O10+2. The number of ketones is 4. The Bertz CT molecular complexity index is 3440. The highest BCUT2D eigenvalue weighted by molar-refractivity contribution is 9.11. The molecule has 6 aromatic carbocycles. The Labute approximate surface area is 615 Å². The first-order valence-corrected chi connectivity index (χ1v) is 39.8. The zero-order chi connectivity index (χ0) is 69.8. The lowest BCUT2D eigenvalue weighted by Gasteiger charge is -2.28. The smallest absolute Gasteiger partial charge is 0.305 e. The number of hydrogen-bond acceptors (Lipinski definition) is 10. The van der Waals surface area contributed by atoms with E-state index in [1.165, 1.54) is 166 Å². The van der Waals surface area contributed by atoms with Crippen LogP contribution in [0.3, 0.4) is 0 Å². The summed E-state index contributed by atoms with van der Waals surface area (Å²) in [6, 6.07) is 27.4. The number of halogens is 4. The van der Waals surface area contributed by atoms with Gasteiger partial charge < -0.3 is 19.7 Å². The van der Waals surface area contributed by atoms with E-state index in [2.05, 4.69) is 77.6 Å². The first kappa shape index (κ1) is 78.1. The van der Waals surface area contributed by atoms with Crippen molar-refractivity contribution >= 4 is 122 Å². The Kier molecular flexibility index (Phi) is 32.9. The van der Waals surface area contributed by atoms with E-state index < -0.39 is 0 Å². The molecule has 0 saturated heterocycles. The van der Waals surface area contributed by atoms with E-state index in [0.717, 1.165) is 90.8 Å². The topological polar surface area (TPSA) is 195 Å². The average Bonchev–Trinajstić information content (AvgIpc) is 0.752. The van der Waals surface area contributed by atoms with Crippen LogP contribution in [-0.4, -0.2) is 58.5 Å². The van der Waals surface area contributed by atoms with Crippen LogP contribution >= 0.6 is 63.7 Å². The molecule has 2 aliphatic carbocycles. The predicted molar refractivity (Wildman–Crippen MR) is 404 cm³/mol. The lowest BCUT2D eigenvalue weighted by atomic mass is 9.78. The number of unbranched alkanes of at least 4 members (excludes halogenated alkanes) is 22. The van der Waals surface area contributed by atoms with Crippen molar-refractivity contribution in [3.63, 3.8) is 0 Å². The van der Waals surface area contributed by atoms with Crippen LogP contribution in [0.25, 0.3) is 0 Å². The van der Waals surface area contributed by atoms with Crippen molar-refractivity contribution in [1.82, 2.24) is 0 Å². The predicted octanol–water partition coefficient (Wildman–Crippen LogP) is 21.4. The van der Waals surface area contributed by atoms with Crippen molar-refractivity contribution in [1.29, 1.82) is 0 Å². The SMILES string of the molecule is CCCCCCC(CCCCCCCCCCCC(=O)OCCc1cc([NH2+]c2ccc(O)c3c2C(=O)c2ccccc2C3=O)c(Br)cc1Br)C(CCCCCC)CCCCCCCCCCCC(=O)OCCc1cc([NH2+]c2ccc(O)c3c2C(=O)c2ccccc2C3=O)c(Br)cc1Br. The quantitative estimate of drug-likeness (QED) is 0.0123. The number of quaternary nitrogens is 2. The number of hydrogen-bond donors (Lipinski definition) is 4. The number of carbonyl (C=O) groups excluding carboxylic acids is 6. The Morgan fingerprint density at radius 2 is 0.663 bits per heavy atom. The Hall–Kier alpha value is -5.62. The van der Waals surface area contributed by atoms with Crippen molar-refractivity contribution in [2.45, 2.75) is 232 Å². The summed E-state index contributed by atoms with van der Waals surface area (Å²) in [7, 11) is 0. The number of benzene rings is 6. The fourth-order valence-electron chi connectivity index (χ4n) is 14.3. The van der Waals surface area contributed by atoms with E-state index in [-0.39, 0.29) is 93.2 Å². The van der Waals surface area contributed by atoms with E-state index in [0.29, 0.717) is 48.2 Å². The highest BCUT2D eigenvalue weighted by Gasteiger charge is 2.38. The number of esters is 2. The van der Waals surface area contributed by atoms with Crippen LogP contribution in [0.5, 0.6) is 11.5 Å². The molecule has 0 bridgehead atoms. The standard InChI is InChI=1S/C82H100Br4N2O10/c1-3-5-7-23-33-55(35-25-19-15-11-9-13-17-21-27-41-73(91)97-49-47-57-51-69(65(85)53-63(57)83)87-67-43-45-71(89)77-75(67)79(93)59-37-29-31-39-61(59)81(77)95)56(34-24-8-6-4-2)36-26-20-16-12-10-14-18-22-28-42-74(92)98-50-48-58-52-70(66(86)54-64(58)84)88-68-44-46-72(90)78-76(68)80(94)60-38-30-32-40-62(60)82(78)96/h29-32,37-40,43-46,51-56,87-90H,3-28,33-36,41-42,47-50H2,1-2H3/p+2. The third-order valence-electron chi connectivity index (χ3n) is 19.8. The normalized spacial score (nSPS) is 13.1. The van der Waals surface area contributed by atoms with Crippen LogP contribution in [0, 0.1) is 11.8 Å². The number of carbonyl (C=O) groups is 6. The third kappa shape index (κ3) is 22.7. The molecule has 6 aromatic rings. The van der Waals surface area contributed by atoms with Crippen molar-refractivity contribution < 1.29 is 59.1 Å². The number of rotatable bonds is 45. The fourth-order valence-corrected chi connectivity index (χ4v) is 16.9. The minimum Gasteiger partial charge on any atom is -0.507 e. The molecule has 0 heterocycles. The Morgan fingerprint density at radius 1 is 0.367 bits per heavy atom. The third-order valence-corrected chi connectivity index (χ3v) is 22.7. The molecule has 2 unspecified atom stereocenters. The van der Waals surface area contributed by atoms with Gasteiger partial charge >= 0.3 is 11.9 Å². The number of aromatic hydroxyl groups is 2. The molecule has 16 heteroatoms. The van der Waals surface area contributed by atoms with Gasteiger partial charge in [0.05, 0.1) is 44.4 Å². The monoisotopic (exact) mass is 1590 g/mol. The fraction of sp³-hybridized carbons (Fsp3) is 0.488. The lowest BCUT2D eigenvalue weighted by molar-refractivity contribution is -0.480. The number of phenols is 2. The Morgan fingerprint density at radius 3 is 0.990 bits per heavy atom. The van der Waals surface area contributed by atoms with E-state index in [4.69, 9.17) is 9.47 Å². The van der Waals surface area contributed by atoms with Gasteiger partial charge in [0.2, 0.25) is 11.6 Å². The summed E-state index contributed by atoms with van der Waals surface area (Å²) in [5, 5.41) is 25.1. The first-order valence-electron chi connectivity index (χ1n) is 36.6. The molecule has 2 aliphatic rings. The largest absolute Gasteiger partial charge is 0.507 e. The molecule has 0 spiro atoms. The number of phenolic OH excluding ortho intramolecular Hbond substituents is 2. The molecule has 2 atom stereocenters. The Balaban J connectivity index is 0.656. The molecule has 12 nitrogen and oxygen atoms in total. The molecule has 6 N–H and O–H groups in total. The zero-order valence-electron chi connectivity index (χ0n) is 57.7. The van der Waals surface area contributed by atoms with E-state index >= 15 is 0 Å².